The maximum atomic E-state index is 5.42. The van der Waals surface area contributed by atoms with Crippen LogP contribution in [-0.2, 0) is 11.2 Å². The lowest BCUT2D eigenvalue weighted by Gasteiger charge is -2.19. The van der Waals surface area contributed by atoms with Crippen LogP contribution in [0.15, 0.2) is 24.3 Å². The van der Waals surface area contributed by atoms with E-state index in [2.05, 4.69) is 43.4 Å². The van der Waals surface area contributed by atoms with Crippen molar-refractivity contribution in [2.24, 2.45) is 5.92 Å². The van der Waals surface area contributed by atoms with E-state index < -0.39 is 0 Å². The van der Waals surface area contributed by atoms with Crippen molar-refractivity contribution in [3.05, 3.63) is 35.4 Å². The Bertz CT molecular complexity index is 345. The summed E-state index contributed by atoms with van der Waals surface area (Å²) in [5.41, 5.74) is 2.85. The van der Waals surface area contributed by atoms with Gasteiger partial charge in [-0.3, -0.25) is 0 Å². The minimum atomic E-state index is 0.571. The van der Waals surface area contributed by atoms with Crippen LogP contribution < -0.4 is 5.32 Å². The fourth-order valence-corrected chi connectivity index (χ4v) is 2.44. The third-order valence-corrected chi connectivity index (χ3v) is 3.79. The molecule has 2 atom stereocenters. The molecule has 1 aromatic carbocycles. The molecule has 2 rings (SSSR count). The van der Waals surface area contributed by atoms with Crippen molar-refractivity contribution >= 4 is 0 Å². The van der Waals surface area contributed by atoms with Gasteiger partial charge in [-0.15, -0.1) is 0 Å². The Labute approximate surface area is 104 Å². The number of benzene rings is 1. The Balaban J connectivity index is 1.74. The fourth-order valence-electron chi connectivity index (χ4n) is 2.44. The van der Waals surface area contributed by atoms with Crippen molar-refractivity contribution in [1.82, 2.24) is 5.32 Å². The predicted molar refractivity (Wildman–Crippen MR) is 71.3 cm³/mol. The van der Waals surface area contributed by atoms with Crippen LogP contribution >= 0.6 is 0 Å². The van der Waals surface area contributed by atoms with E-state index in [4.69, 9.17) is 4.74 Å². The van der Waals surface area contributed by atoms with Crippen LogP contribution in [-0.4, -0.2) is 25.8 Å². The van der Waals surface area contributed by atoms with E-state index in [9.17, 15) is 0 Å². The summed E-state index contributed by atoms with van der Waals surface area (Å²) < 4.78 is 5.42. The normalized spacial score (nSPS) is 21.6. The summed E-state index contributed by atoms with van der Waals surface area (Å²) in [6.07, 6.45) is 2.32. The van der Waals surface area contributed by atoms with Gasteiger partial charge in [-0.25, -0.2) is 0 Å². The first-order valence-corrected chi connectivity index (χ1v) is 6.63. The maximum Gasteiger partial charge on any atom is 0.0509 e. The van der Waals surface area contributed by atoms with E-state index in [-0.39, 0.29) is 0 Å². The van der Waals surface area contributed by atoms with Gasteiger partial charge in [0.2, 0.25) is 0 Å². The number of hydrogen-bond donors (Lipinski definition) is 1. The van der Waals surface area contributed by atoms with Crippen molar-refractivity contribution in [1.29, 1.82) is 0 Å². The van der Waals surface area contributed by atoms with Gasteiger partial charge >= 0.3 is 0 Å². The number of nitrogens with one attached hydrogen (secondary N) is 1. The Morgan fingerprint density at radius 2 is 2.24 bits per heavy atom. The van der Waals surface area contributed by atoms with E-state index in [0.717, 1.165) is 26.2 Å². The van der Waals surface area contributed by atoms with Crippen LogP contribution in [0.4, 0.5) is 0 Å². The number of hydrogen-bond acceptors (Lipinski definition) is 2. The largest absolute Gasteiger partial charge is 0.381 e. The van der Waals surface area contributed by atoms with Gasteiger partial charge in [0.25, 0.3) is 0 Å². The lowest BCUT2D eigenvalue weighted by molar-refractivity contribution is 0.178. The molecule has 1 heterocycles. The van der Waals surface area contributed by atoms with E-state index in [1.54, 1.807) is 0 Å². The van der Waals surface area contributed by atoms with E-state index in [0.29, 0.717) is 12.0 Å². The fraction of sp³-hybridized carbons (Fsp3) is 0.600. The molecule has 0 saturated carbocycles. The van der Waals surface area contributed by atoms with Crippen LogP contribution in [0.2, 0.25) is 0 Å². The summed E-state index contributed by atoms with van der Waals surface area (Å²) in [6, 6.07) is 9.20. The van der Waals surface area contributed by atoms with Crippen LogP contribution in [0.1, 0.15) is 24.5 Å². The zero-order valence-electron chi connectivity index (χ0n) is 10.9. The highest BCUT2D eigenvalue weighted by Gasteiger charge is 2.21. The number of ether oxygens (including phenoxy) is 1. The van der Waals surface area contributed by atoms with Gasteiger partial charge in [-0.2, -0.15) is 0 Å². The van der Waals surface area contributed by atoms with Crippen LogP contribution in [0.25, 0.3) is 0 Å². The Morgan fingerprint density at radius 1 is 1.41 bits per heavy atom. The molecular formula is C15H23NO. The van der Waals surface area contributed by atoms with E-state index in [1.807, 2.05) is 0 Å². The molecule has 1 fully saturated rings. The van der Waals surface area contributed by atoms with Gasteiger partial charge < -0.3 is 10.1 Å². The van der Waals surface area contributed by atoms with Crippen LogP contribution in [0.5, 0.6) is 0 Å². The number of rotatable bonds is 5. The summed E-state index contributed by atoms with van der Waals surface area (Å²) in [4.78, 5) is 0. The Hall–Kier alpha value is -0.860. The van der Waals surface area contributed by atoms with E-state index in [1.165, 1.54) is 17.5 Å². The minimum absolute atomic E-state index is 0.571. The zero-order chi connectivity index (χ0) is 12.1. The standard InChI is InChI=1S/C15H23NO/c1-12-5-3-4-6-14(12)7-9-16-13(2)15-8-10-17-11-15/h3-6,13,15-16H,7-11H2,1-2H3. The summed E-state index contributed by atoms with van der Waals surface area (Å²) in [7, 11) is 0. The molecule has 94 valence electrons. The van der Waals surface area contributed by atoms with Crippen molar-refractivity contribution in [2.45, 2.75) is 32.7 Å². The van der Waals surface area contributed by atoms with Crippen LogP contribution in [0, 0.1) is 12.8 Å². The Morgan fingerprint density at radius 3 is 2.94 bits per heavy atom. The smallest absolute Gasteiger partial charge is 0.0509 e. The average Bonchev–Trinajstić information content (AvgIpc) is 2.85. The second-order valence-electron chi connectivity index (χ2n) is 5.04. The first kappa shape index (κ1) is 12.6. The summed E-state index contributed by atoms with van der Waals surface area (Å²) in [5.74, 6) is 0.701. The van der Waals surface area contributed by atoms with Crippen molar-refractivity contribution in [3.8, 4) is 0 Å². The van der Waals surface area contributed by atoms with Gasteiger partial charge in [0.15, 0.2) is 0 Å². The predicted octanol–water partition coefficient (Wildman–Crippen LogP) is 2.55. The highest BCUT2D eigenvalue weighted by atomic mass is 16.5. The molecule has 2 nitrogen and oxygen atoms in total. The zero-order valence-corrected chi connectivity index (χ0v) is 10.9. The third kappa shape index (κ3) is 3.55. The van der Waals surface area contributed by atoms with Gasteiger partial charge in [-0.1, -0.05) is 24.3 Å². The molecule has 1 aromatic rings. The van der Waals surface area contributed by atoms with Crippen molar-refractivity contribution in [3.63, 3.8) is 0 Å². The quantitative estimate of drug-likeness (QED) is 0.844. The van der Waals surface area contributed by atoms with Crippen molar-refractivity contribution in [2.75, 3.05) is 19.8 Å². The minimum Gasteiger partial charge on any atom is -0.381 e. The molecule has 1 aliphatic heterocycles. The molecule has 0 amide bonds. The molecule has 17 heavy (non-hydrogen) atoms. The molecule has 0 bridgehead atoms. The first-order chi connectivity index (χ1) is 8.27. The number of aryl methyl sites for hydroxylation is 1. The third-order valence-electron chi connectivity index (χ3n) is 3.79. The lowest BCUT2D eigenvalue weighted by Crippen LogP contribution is -2.35. The SMILES string of the molecule is Cc1ccccc1CCNC(C)C1CCOC1. The molecular weight excluding hydrogens is 210 g/mol. The van der Waals surface area contributed by atoms with E-state index >= 15 is 0 Å². The average molecular weight is 233 g/mol. The molecule has 0 aliphatic carbocycles. The lowest BCUT2D eigenvalue weighted by atomic mass is 10.00. The molecule has 1 N–H and O–H groups in total. The molecule has 0 radical (unpaired) electrons. The summed E-state index contributed by atoms with van der Waals surface area (Å²) in [6.45, 7) is 7.39. The Kier molecular flexibility index (Phi) is 4.57. The second kappa shape index (κ2) is 6.18. The molecule has 2 unspecified atom stereocenters. The molecule has 1 saturated heterocycles. The second-order valence-corrected chi connectivity index (χ2v) is 5.04. The monoisotopic (exact) mass is 233 g/mol. The van der Waals surface area contributed by atoms with Crippen LogP contribution in [0.3, 0.4) is 0 Å². The first-order valence-electron chi connectivity index (χ1n) is 6.63. The highest BCUT2D eigenvalue weighted by Crippen LogP contribution is 2.16. The van der Waals surface area contributed by atoms with Crippen molar-refractivity contribution < 1.29 is 4.74 Å². The highest BCUT2D eigenvalue weighted by molar-refractivity contribution is 5.25. The maximum absolute atomic E-state index is 5.42. The molecule has 0 aromatic heterocycles. The molecule has 0 spiro atoms. The van der Waals surface area contributed by atoms with Gasteiger partial charge in [0.05, 0.1) is 6.61 Å². The van der Waals surface area contributed by atoms with Gasteiger partial charge in [0.1, 0.15) is 0 Å². The van der Waals surface area contributed by atoms with Gasteiger partial charge in [0, 0.05) is 12.6 Å². The molecule has 1 aliphatic rings. The van der Waals surface area contributed by atoms with Gasteiger partial charge in [-0.05, 0) is 50.3 Å². The molecule has 2 heteroatoms. The topological polar surface area (TPSA) is 21.3 Å². The summed E-state index contributed by atoms with van der Waals surface area (Å²) >= 11 is 0. The summed E-state index contributed by atoms with van der Waals surface area (Å²) in [5, 5.41) is 3.62.